The third-order valence-electron chi connectivity index (χ3n) is 1.13. The smallest absolute Gasteiger partial charge is 0.244 e. The van der Waals surface area contributed by atoms with Crippen molar-refractivity contribution in [2.45, 2.75) is 26.7 Å². The summed E-state index contributed by atoms with van der Waals surface area (Å²) in [5.41, 5.74) is 5.63. The molecular formula is C10H22N2O. The number of allylic oxidation sites excluding steroid dienone is 1. The predicted molar refractivity (Wildman–Crippen MR) is 57.5 cm³/mol. The second kappa shape index (κ2) is 9.26. The fourth-order valence-electron chi connectivity index (χ4n) is 0.461. The molecule has 0 saturated carbocycles. The summed E-state index contributed by atoms with van der Waals surface area (Å²) in [5, 5.41) is 0. The van der Waals surface area contributed by atoms with Gasteiger partial charge >= 0.3 is 0 Å². The number of amides is 1. The minimum Gasteiger partial charge on any atom is -0.366 e. The monoisotopic (exact) mass is 186 g/mol. The highest BCUT2D eigenvalue weighted by molar-refractivity contribution is 5.91. The highest BCUT2D eigenvalue weighted by Crippen LogP contribution is 1.95. The van der Waals surface area contributed by atoms with Gasteiger partial charge in [-0.25, -0.2) is 0 Å². The molecule has 0 fully saturated rings. The Balaban J connectivity index is 0. The molecule has 0 aromatic rings. The van der Waals surface area contributed by atoms with Gasteiger partial charge in [-0.3, -0.25) is 4.79 Å². The molecule has 3 heteroatoms. The molecular weight excluding hydrogens is 164 g/mol. The molecule has 0 aromatic carbocycles. The zero-order chi connectivity index (χ0) is 10.9. The zero-order valence-electron chi connectivity index (χ0n) is 9.42. The zero-order valence-corrected chi connectivity index (χ0v) is 9.42. The number of carbonyl (C=O) groups is 1. The molecule has 3 nitrogen and oxygen atoms in total. The molecule has 0 aromatic heterocycles. The third-order valence-corrected chi connectivity index (χ3v) is 1.13. The Morgan fingerprint density at radius 2 is 1.77 bits per heavy atom. The fraction of sp³-hybridized carbons (Fsp3) is 0.700. The highest BCUT2D eigenvalue weighted by Gasteiger charge is 1.93. The first kappa shape index (κ1) is 14.7. The summed E-state index contributed by atoms with van der Waals surface area (Å²) in [6.07, 6.45) is 3.86. The molecule has 0 rings (SSSR count). The van der Waals surface area contributed by atoms with Gasteiger partial charge in [-0.15, -0.1) is 0 Å². The van der Waals surface area contributed by atoms with Crippen molar-refractivity contribution < 1.29 is 4.79 Å². The van der Waals surface area contributed by atoms with Gasteiger partial charge in [-0.2, -0.15) is 0 Å². The number of hydrogen-bond acceptors (Lipinski definition) is 2. The van der Waals surface area contributed by atoms with E-state index in [0.717, 1.165) is 12.8 Å². The maximum absolute atomic E-state index is 10.4. The second-order valence-electron chi connectivity index (χ2n) is 3.38. The lowest BCUT2D eigenvalue weighted by atomic mass is 10.2. The van der Waals surface area contributed by atoms with Gasteiger partial charge in [-0.05, 0) is 34.5 Å². The summed E-state index contributed by atoms with van der Waals surface area (Å²) in [6, 6.07) is 0. The van der Waals surface area contributed by atoms with Crippen molar-refractivity contribution in [3.8, 4) is 0 Å². The molecule has 0 saturated heterocycles. The third kappa shape index (κ3) is 18.3. The number of hydrogen-bond donors (Lipinski definition) is 1. The Morgan fingerprint density at radius 1 is 1.38 bits per heavy atom. The average molecular weight is 186 g/mol. The van der Waals surface area contributed by atoms with Gasteiger partial charge < -0.3 is 10.6 Å². The summed E-state index contributed by atoms with van der Waals surface area (Å²) in [4.78, 5) is 12.4. The quantitative estimate of drug-likeness (QED) is 0.677. The van der Waals surface area contributed by atoms with E-state index in [9.17, 15) is 4.79 Å². The number of rotatable bonds is 3. The average Bonchev–Trinajstić information content (AvgIpc) is 1.98. The van der Waals surface area contributed by atoms with Crippen molar-refractivity contribution in [3.63, 3.8) is 0 Å². The SMILES string of the molecule is CCC/C=C(\C)C(N)=O.CN(C)C. The largest absolute Gasteiger partial charge is 0.366 e. The van der Waals surface area contributed by atoms with Crippen LogP contribution in [-0.4, -0.2) is 32.0 Å². The predicted octanol–water partition coefficient (Wildman–Crippen LogP) is 1.40. The van der Waals surface area contributed by atoms with Crippen molar-refractivity contribution in [1.29, 1.82) is 0 Å². The van der Waals surface area contributed by atoms with E-state index in [-0.39, 0.29) is 5.91 Å². The van der Waals surface area contributed by atoms with Crippen LogP contribution in [0.15, 0.2) is 11.6 Å². The van der Waals surface area contributed by atoms with Gasteiger partial charge in [0.15, 0.2) is 0 Å². The molecule has 0 spiro atoms. The van der Waals surface area contributed by atoms with Crippen LogP contribution in [0.3, 0.4) is 0 Å². The van der Waals surface area contributed by atoms with Crippen molar-refractivity contribution in [2.24, 2.45) is 5.73 Å². The van der Waals surface area contributed by atoms with E-state index in [1.807, 2.05) is 32.1 Å². The lowest BCUT2D eigenvalue weighted by molar-refractivity contribution is -0.114. The molecule has 0 radical (unpaired) electrons. The van der Waals surface area contributed by atoms with E-state index < -0.39 is 0 Å². The Labute approximate surface area is 81.6 Å². The standard InChI is InChI=1S/C7H13NO.C3H9N/c1-3-4-5-6(2)7(8)9;1-4(2)3/h5H,3-4H2,1-2H3,(H2,8,9);1-3H3/b6-5+;. The summed E-state index contributed by atoms with van der Waals surface area (Å²) in [6.45, 7) is 3.79. The summed E-state index contributed by atoms with van der Waals surface area (Å²) in [7, 11) is 6.00. The molecule has 0 aliphatic heterocycles. The molecule has 0 heterocycles. The molecule has 78 valence electrons. The molecule has 0 aliphatic rings. The molecule has 1 amide bonds. The minimum atomic E-state index is -0.316. The van der Waals surface area contributed by atoms with Crippen LogP contribution in [0.2, 0.25) is 0 Å². The number of unbranched alkanes of at least 4 members (excludes halogenated alkanes) is 1. The van der Waals surface area contributed by atoms with Crippen LogP contribution in [-0.2, 0) is 4.79 Å². The molecule has 2 N–H and O–H groups in total. The van der Waals surface area contributed by atoms with Crippen LogP contribution in [0.5, 0.6) is 0 Å². The summed E-state index contributed by atoms with van der Waals surface area (Å²) >= 11 is 0. The summed E-state index contributed by atoms with van der Waals surface area (Å²) < 4.78 is 0. The van der Waals surface area contributed by atoms with E-state index in [1.54, 1.807) is 6.92 Å². The van der Waals surface area contributed by atoms with Crippen LogP contribution >= 0.6 is 0 Å². The van der Waals surface area contributed by atoms with Crippen LogP contribution in [0, 0.1) is 0 Å². The molecule has 0 unspecified atom stereocenters. The maximum atomic E-state index is 10.4. The Kier molecular flexibility index (Phi) is 10.5. The van der Waals surface area contributed by atoms with Gasteiger partial charge in [0.25, 0.3) is 0 Å². The molecule has 0 aliphatic carbocycles. The Morgan fingerprint density at radius 3 is 2.00 bits per heavy atom. The number of nitrogens with zero attached hydrogens (tertiary/aromatic N) is 1. The van der Waals surface area contributed by atoms with Gasteiger partial charge in [0, 0.05) is 5.57 Å². The van der Waals surface area contributed by atoms with Gasteiger partial charge in [0.2, 0.25) is 5.91 Å². The lowest BCUT2D eigenvalue weighted by Gasteiger charge is -1.90. The lowest BCUT2D eigenvalue weighted by Crippen LogP contribution is -2.11. The number of primary amides is 1. The minimum absolute atomic E-state index is 0.316. The van der Waals surface area contributed by atoms with E-state index >= 15 is 0 Å². The van der Waals surface area contributed by atoms with E-state index in [0.29, 0.717) is 5.57 Å². The van der Waals surface area contributed by atoms with Crippen LogP contribution in [0.4, 0.5) is 0 Å². The van der Waals surface area contributed by atoms with Crippen LogP contribution in [0.1, 0.15) is 26.7 Å². The Bertz CT molecular complexity index is 160. The van der Waals surface area contributed by atoms with E-state index in [1.165, 1.54) is 0 Å². The van der Waals surface area contributed by atoms with Gasteiger partial charge in [0.1, 0.15) is 0 Å². The van der Waals surface area contributed by atoms with Crippen molar-refractivity contribution in [3.05, 3.63) is 11.6 Å². The van der Waals surface area contributed by atoms with Crippen molar-refractivity contribution >= 4 is 5.91 Å². The Hall–Kier alpha value is -0.830. The van der Waals surface area contributed by atoms with Crippen molar-refractivity contribution in [2.75, 3.05) is 21.1 Å². The first-order valence-electron chi connectivity index (χ1n) is 4.49. The first-order valence-corrected chi connectivity index (χ1v) is 4.49. The number of carbonyl (C=O) groups excluding carboxylic acids is 1. The van der Waals surface area contributed by atoms with Crippen molar-refractivity contribution in [1.82, 2.24) is 4.90 Å². The molecule has 0 atom stereocenters. The van der Waals surface area contributed by atoms with Crippen LogP contribution in [0.25, 0.3) is 0 Å². The number of nitrogens with two attached hydrogens (primary N) is 1. The molecule has 13 heavy (non-hydrogen) atoms. The highest BCUT2D eigenvalue weighted by atomic mass is 16.1. The normalized spacial score (nSPS) is 10.8. The van der Waals surface area contributed by atoms with E-state index in [4.69, 9.17) is 5.73 Å². The first-order chi connectivity index (χ1) is 5.91. The van der Waals surface area contributed by atoms with Gasteiger partial charge in [-0.1, -0.05) is 19.4 Å². The van der Waals surface area contributed by atoms with Gasteiger partial charge in [0.05, 0.1) is 0 Å². The molecule has 0 bridgehead atoms. The van der Waals surface area contributed by atoms with E-state index in [2.05, 4.69) is 6.92 Å². The van der Waals surface area contributed by atoms with Crippen LogP contribution < -0.4 is 5.73 Å². The topological polar surface area (TPSA) is 46.3 Å². The second-order valence-corrected chi connectivity index (χ2v) is 3.38. The fourth-order valence-corrected chi connectivity index (χ4v) is 0.461. The summed E-state index contributed by atoms with van der Waals surface area (Å²) in [5.74, 6) is -0.316. The maximum Gasteiger partial charge on any atom is 0.244 e.